The van der Waals surface area contributed by atoms with Gasteiger partial charge in [-0.25, -0.2) is 8.42 Å². The number of piperazine rings is 1. The quantitative estimate of drug-likeness (QED) is 0.624. The van der Waals surface area contributed by atoms with Crippen molar-refractivity contribution in [3.8, 4) is 0 Å². The zero-order valence-corrected chi connectivity index (χ0v) is 18.8. The minimum absolute atomic E-state index is 0.0816. The van der Waals surface area contributed by atoms with Crippen molar-refractivity contribution in [2.24, 2.45) is 0 Å². The fourth-order valence-corrected chi connectivity index (χ4v) is 4.84. The number of sulfonamides is 1. The Labute approximate surface area is 188 Å². The van der Waals surface area contributed by atoms with E-state index in [0.717, 1.165) is 30.8 Å². The maximum Gasteiger partial charge on any atom is 0.261 e. The van der Waals surface area contributed by atoms with Crippen LogP contribution in [0, 0.1) is 6.92 Å². The molecule has 0 spiro atoms. The van der Waals surface area contributed by atoms with Gasteiger partial charge in [-0.05, 0) is 54.4 Å². The Hall–Kier alpha value is -3.23. The largest absolute Gasteiger partial charge is 0.336 e. The van der Waals surface area contributed by atoms with Crippen molar-refractivity contribution in [3.05, 3.63) is 89.7 Å². The summed E-state index contributed by atoms with van der Waals surface area (Å²) >= 11 is 0. The first-order valence-corrected chi connectivity index (χ1v) is 12.0. The fraction of sp³-hybridized carbons (Fsp3) is 0.250. The van der Waals surface area contributed by atoms with E-state index in [0.29, 0.717) is 24.3 Å². The zero-order valence-electron chi connectivity index (χ0n) is 17.9. The van der Waals surface area contributed by atoms with Crippen molar-refractivity contribution in [1.29, 1.82) is 0 Å². The molecule has 166 valence electrons. The lowest BCUT2D eigenvalue weighted by molar-refractivity contribution is 0.0628. The molecule has 0 saturated carbocycles. The highest BCUT2D eigenvalue weighted by molar-refractivity contribution is 7.92. The van der Waals surface area contributed by atoms with Crippen LogP contribution in [0.3, 0.4) is 0 Å². The van der Waals surface area contributed by atoms with E-state index in [-0.39, 0.29) is 10.8 Å². The topological polar surface area (TPSA) is 82.6 Å². The average molecular weight is 451 g/mol. The minimum Gasteiger partial charge on any atom is -0.336 e. The van der Waals surface area contributed by atoms with Gasteiger partial charge in [0.25, 0.3) is 15.9 Å². The van der Waals surface area contributed by atoms with Crippen molar-refractivity contribution in [2.75, 3.05) is 30.9 Å². The third kappa shape index (κ3) is 5.15. The Morgan fingerprint density at radius 3 is 2.34 bits per heavy atom. The number of hydrogen-bond acceptors (Lipinski definition) is 5. The van der Waals surface area contributed by atoms with E-state index >= 15 is 0 Å². The first kappa shape index (κ1) is 22.0. The van der Waals surface area contributed by atoms with Gasteiger partial charge < -0.3 is 4.90 Å². The molecular formula is C24H26N4O3S. The molecule has 1 aliphatic heterocycles. The molecule has 2 heterocycles. The van der Waals surface area contributed by atoms with Gasteiger partial charge >= 0.3 is 0 Å². The van der Waals surface area contributed by atoms with Crippen LogP contribution in [0.25, 0.3) is 0 Å². The molecule has 0 radical (unpaired) electrons. The summed E-state index contributed by atoms with van der Waals surface area (Å²) in [5, 5.41) is 0. The van der Waals surface area contributed by atoms with Crippen LogP contribution in [0.1, 0.15) is 21.5 Å². The number of nitrogens with one attached hydrogen (secondary N) is 1. The van der Waals surface area contributed by atoms with Crippen molar-refractivity contribution in [1.82, 2.24) is 14.8 Å². The second-order valence-corrected chi connectivity index (χ2v) is 9.56. The number of aromatic nitrogens is 1. The number of amides is 1. The summed E-state index contributed by atoms with van der Waals surface area (Å²) in [5.74, 6) is -0.0816. The van der Waals surface area contributed by atoms with E-state index in [4.69, 9.17) is 0 Å². The highest BCUT2D eigenvalue weighted by Crippen LogP contribution is 2.20. The maximum absolute atomic E-state index is 12.9. The van der Waals surface area contributed by atoms with Crippen LogP contribution in [-0.2, 0) is 16.6 Å². The van der Waals surface area contributed by atoms with Crippen molar-refractivity contribution in [2.45, 2.75) is 18.4 Å². The third-order valence-electron chi connectivity index (χ3n) is 5.59. The molecule has 1 aliphatic rings. The number of hydrogen-bond donors (Lipinski definition) is 1. The normalized spacial score (nSPS) is 14.8. The zero-order chi connectivity index (χ0) is 22.6. The standard InChI is InChI=1S/C24H26N4O3S/c1-19-5-2-3-7-23(19)26-32(30,31)22-10-8-21(9-11-22)24(29)28-15-13-27(14-16-28)18-20-6-4-12-25-17-20/h2-12,17,26H,13-16,18H2,1H3. The van der Waals surface area contributed by atoms with Gasteiger partial charge in [-0.2, -0.15) is 0 Å². The molecule has 1 N–H and O–H groups in total. The summed E-state index contributed by atoms with van der Waals surface area (Å²) in [6, 6.07) is 17.3. The summed E-state index contributed by atoms with van der Waals surface area (Å²) < 4.78 is 28.0. The van der Waals surface area contributed by atoms with Crippen LogP contribution in [0.4, 0.5) is 5.69 Å². The summed E-state index contributed by atoms with van der Waals surface area (Å²) in [4.78, 5) is 21.3. The molecule has 1 saturated heterocycles. The first-order valence-electron chi connectivity index (χ1n) is 10.5. The lowest BCUT2D eigenvalue weighted by Gasteiger charge is -2.34. The molecule has 7 nitrogen and oxygen atoms in total. The average Bonchev–Trinajstić information content (AvgIpc) is 2.81. The molecular weight excluding hydrogens is 424 g/mol. The lowest BCUT2D eigenvalue weighted by Crippen LogP contribution is -2.48. The maximum atomic E-state index is 12.9. The number of aryl methyl sites for hydroxylation is 1. The number of benzene rings is 2. The van der Waals surface area contributed by atoms with E-state index in [2.05, 4.69) is 14.6 Å². The Kier molecular flexibility index (Phi) is 6.53. The predicted octanol–water partition coefficient (Wildman–Crippen LogP) is 3.15. The molecule has 0 unspecified atom stereocenters. The van der Waals surface area contributed by atoms with Crippen LogP contribution < -0.4 is 4.72 Å². The second kappa shape index (κ2) is 9.50. The minimum atomic E-state index is -3.73. The lowest BCUT2D eigenvalue weighted by atomic mass is 10.1. The molecule has 4 rings (SSSR count). The van der Waals surface area contributed by atoms with E-state index in [1.807, 2.05) is 42.3 Å². The van der Waals surface area contributed by atoms with E-state index in [9.17, 15) is 13.2 Å². The van der Waals surface area contributed by atoms with Crippen LogP contribution in [0.5, 0.6) is 0 Å². The van der Waals surface area contributed by atoms with E-state index < -0.39 is 10.0 Å². The van der Waals surface area contributed by atoms with Gasteiger partial charge in [0, 0.05) is 50.7 Å². The Balaban J connectivity index is 1.37. The fourth-order valence-electron chi connectivity index (χ4n) is 3.71. The molecule has 0 bridgehead atoms. The van der Waals surface area contributed by atoms with Gasteiger partial charge in [0.15, 0.2) is 0 Å². The number of carbonyl (C=O) groups excluding carboxylic acids is 1. The molecule has 0 aliphatic carbocycles. The van der Waals surface area contributed by atoms with Crippen molar-refractivity contribution < 1.29 is 13.2 Å². The van der Waals surface area contributed by atoms with Gasteiger partial charge in [0.2, 0.25) is 0 Å². The Morgan fingerprint density at radius 2 is 1.69 bits per heavy atom. The van der Waals surface area contributed by atoms with Crippen LogP contribution >= 0.6 is 0 Å². The number of anilines is 1. The van der Waals surface area contributed by atoms with Gasteiger partial charge in [-0.3, -0.25) is 19.4 Å². The smallest absolute Gasteiger partial charge is 0.261 e. The first-order chi connectivity index (χ1) is 15.4. The molecule has 32 heavy (non-hydrogen) atoms. The molecule has 1 amide bonds. The SMILES string of the molecule is Cc1ccccc1NS(=O)(=O)c1ccc(C(=O)N2CCN(Cc3cccnc3)CC2)cc1. The number of rotatable bonds is 6. The van der Waals surface area contributed by atoms with Gasteiger partial charge in [-0.1, -0.05) is 24.3 Å². The van der Waals surface area contributed by atoms with Gasteiger partial charge in [-0.15, -0.1) is 0 Å². The molecule has 1 fully saturated rings. The molecule has 8 heteroatoms. The number of carbonyl (C=O) groups is 1. The number of pyridine rings is 1. The number of nitrogens with zero attached hydrogens (tertiary/aromatic N) is 3. The van der Waals surface area contributed by atoms with Crippen LogP contribution in [0.2, 0.25) is 0 Å². The van der Waals surface area contributed by atoms with Crippen LogP contribution in [0.15, 0.2) is 78.0 Å². The van der Waals surface area contributed by atoms with E-state index in [1.165, 1.54) is 12.1 Å². The molecule has 0 atom stereocenters. The van der Waals surface area contributed by atoms with Gasteiger partial charge in [0.05, 0.1) is 10.6 Å². The highest BCUT2D eigenvalue weighted by Gasteiger charge is 2.23. The predicted molar refractivity (Wildman–Crippen MR) is 124 cm³/mol. The Morgan fingerprint density at radius 1 is 0.969 bits per heavy atom. The summed E-state index contributed by atoms with van der Waals surface area (Å²) in [6.45, 7) is 5.50. The second-order valence-electron chi connectivity index (χ2n) is 7.87. The van der Waals surface area contributed by atoms with Gasteiger partial charge in [0.1, 0.15) is 0 Å². The monoisotopic (exact) mass is 450 g/mol. The highest BCUT2D eigenvalue weighted by atomic mass is 32.2. The summed E-state index contributed by atoms with van der Waals surface area (Å²) in [5.41, 5.74) is 3.02. The van der Waals surface area contributed by atoms with Crippen molar-refractivity contribution in [3.63, 3.8) is 0 Å². The molecule has 1 aromatic heterocycles. The number of para-hydroxylation sites is 1. The van der Waals surface area contributed by atoms with Crippen LogP contribution in [-0.4, -0.2) is 55.3 Å². The molecule has 2 aromatic carbocycles. The third-order valence-corrected chi connectivity index (χ3v) is 6.97. The van der Waals surface area contributed by atoms with E-state index in [1.54, 1.807) is 30.5 Å². The summed E-state index contributed by atoms with van der Waals surface area (Å²) in [7, 11) is -3.73. The van der Waals surface area contributed by atoms with Crippen molar-refractivity contribution >= 4 is 21.6 Å². The Bertz CT molecular complexity index is 1170. The summed E-state index contributed by atoms with van der Waals surface area (Å²) in [6.07, 6.45) is 3.62. The molecule has 3 aromatic rings.